The number of sulfone groups is 1. The van der Waals surface area contributed by atoms with Crippen molar-refractivity contribution >= 4 is 33.1 Å². The zero-order valence-corrected chi connectivity index (χ0v) is 19.4. The van der Waals surface area contributed by atoms with Gasteiger partial charge >= 0.3 is 0 Å². The Hall–Kier alpha value is -3.47. The Balaban J connectivity index is 2.09. The highest BCUT2D eigenvalue weighted by Gasteiger charge is 2.17. The van der Waals surface area contributed by atoms with Crippen LogP contribution in [0.25, 0.3) is 11.3 Å². The fraction of sp³-hybridized carbons (Fsp3) is 0.333. The molecule has 3 rings (SSSR count). The van der Waals surface area contributed by atoms with Crippen LogP contribution in [0.2, 0.25) is 0 Å². The van der Waals surface area contributed by atoms with Crippen molar-refractivity contribution in [3.63, 3.8) is 0 Å². The van der Waals surface area contributed by atoms with E-state index in [2.05, 4.69) is 25.7 Å². The molecule has 1 amide bonds. The quantitative estimate of drug-likeness (QED) is 0.527. The van der Waals surface area contributed by atoms with Crippen molar-refractivity contribution < 1.29 is 17.9 Å². The average molecular weight is 459 g/mol. The molecule has 1 atom stereocenters. The molecular weight excluding hydrogens is 432 g/mol. The van der Waals surface area contributed by atoms with Gasteiger partial charge in [-0.15, -0.1) is 0 Å². The minimum atomic E-state index is -3.58. The summed E-state index contributed by atoms with van der Waals surface area (Å²) >= 11 is 0. The van der Waals surface area contributed by atoms with E-state index in [1.807, 2.05) is 19.9 Å². The minimum absolute atomic E-state index is 0.103. The molecule has 3 heterocycles. The van der Waals surface area contributed by atoms with Crippen LogP contribution >= 0.6 is 0 Å². The molecule has 0 bridgehead atoms. The van der Waals surface area contributed by atoms with Gasteiger partial charge in [-0.05, 0) is 19.4 Å². The maximum absolute atomic E-state index is 12.2. The first-order valence-corrected chi connectivity index (χ1v) is 11.9. The molecule has 10 nitrogen and oxygen atoms in total. The van der Waals surface area contributed by atoms with Crippen LogP contribution in [0.15, 0.2) is 41.7 Å². The van der Waals surface area contributed by atoms with E-state index in [4.69, 9.17) is 4.74 Å². The second kappa shape index (κ2) is 9.35. The Bertz CT molecular complexity index is 1240. The molecular formula is C21H26N6O4S. The number of nitrogens with zero attached hydrogens (tertiary/aromatic N) is 4. The van der Waals surface area contributed by atoms with Gasteiger partial charge in [-0.25, -0.2) is 18.4 Å². The van der Waals surface area contributed by atoms with Crippen LogP contribution < -0.4 is 15.4 Å². The predicted octanol–water partition coefficient (Wildman–Crippen LogP) is 3.16. The first-order chi connectivity index (χ1) is 15.0. The number of hydrogen-bond donors (Lipinski definition) is 2. The lowest BCUT2D eigenvalue weighted by molar-refractivity contribution is -0.114. The molecule has 0 aromatic carbocycles. The smallest absolute Gasteiger partial charge is 0.222 e. The maximum Gasteiger partial charge on any atom is 0.222 e. The highest BCUT2D eigenvalue weighted by molar-refractivity contribution is 7.90. The van der Waals surface area contributed by atoms with E-state index in [9.17, 15) is 13.2 Å². The van der Waals surface area contributed by atoms with Gasteiger partial charge < -0.3 is 15.4 Å². The topological polar surface area (TPSA) is 128 Å². The summed E-state index contributed by atoms with van der Waals surface area (Å²) in [5, 5.41) is 10.1. The van der Waals surface area contributed by atoms with Crippen molar-refractivity contribution in [2.45, 2.75) is 38.3 Å². The molecule has 3 aromatic heterocycles. The molecule has 0 saturated heterocycles. The lowest BCUT2D eigenvalue weighted by atomic mass is 10.1. The molecule has 0 spiro atoms. The number of carbonyl (C=O) groups excluding carboxylic acids is 1. The van der Waals surface area contributed by atoms with Gasteiger partial charge in [0.05, 0.1) is 17.5 Å². The summed E-state index contributed by atoms with van der Waals surface area (Å²) in [4.78, 5) is 20.0. The summed E-state index contributed by atoms with van der Waals surface area (Å²) in [5.41, 5.74) is 1.83. The first kappa shape index (κ1) is 23.2. The van der Waals surface area contributed by atoms with Crippen LogP contribution in [0.1, 0.15) is 27.2 Å². The number of ether oxygens (including phenoxy) is 1. The van der Waals surface area contributed by atoms with E-state index in [-0.39, 0.29) is 22.9 Å². The molecule has 3 aromatic rings. The minimum Gasteiger partial charge on any atom is -0.490 e. The number of rotatable bonds is 8. The van der Waals surface area contributed by atoms with Crippen molar-refractivity contribution in [3.05, 3.63) is 36.7 Å². The Morgan fingerprint density at radius 3 is 2.59 bits per heavy atom. The van der Waals surface area contributed by atoms with Crippen molar-refractivity contribution in [2.24, 2.45) is 7.05 Å². The van der Waals surface area contributed by atoms with Gasteiger partial charge in [0.2, 0.25) is 5.91 Å². The molecule has 0 fully saturated rings. The standard InChI is InChI=1S/C21H26N6O4S/c1-6-13(2)31-15-9-20(25-21(10-15)32(5,29)30)24-18-11-19(23-14(3)28)22-12-16(18)17-7-8-27(4)26-17/h7-13H,6H2,1-5H3,(H2,22,23,24,25,28). The zero-order chi connectivity index (χ0) is 23.5. The SMILES string of the molecule is CCC(C)Oc1cc(Nc2cc(NC(C)=O)ncc2-c2ccn(C)n2)nc(S(C)(=O)=O)c1. The number of amides is 1. The number of hydrogen-bond acceptors (Lipinski definition) is 8. The van der Waals surface area contributed by atoms with Gasteiger partial charge in [-0.3, -0.25) is 9.48 Å². The van der Waals surface area contributed by atoms with Crippen LogP contribution in [0.5, 0.6) is 5.75 Å². The molecule has 0 radical (unpaired) electrons. The van der Waals surface area contributed by atoms with Gasteiger partial charge in [0.15, 0.2) is 14.9 Å². The maximum atomic E-state index is 12.2. The van der Waals surface area contributed by atoms with E-state index in [1.165, 1.54) is 13.0 Å². The van der Waals surface area contributed by atoms with Crippen molar-refractivity contribution in [1.29, 1.82) is 0 Å². The Labute approximate surface area is 187 Å². The van der Waals surface area contributed by atoms with Crippen LogP contribution in [0.4, 0.5) is 17.3 Å². The van der Waals surface area contributed by atoms with Gasteiger partial charge in [0.1, 0.15) is 17.4 Å². The van der Waals surface area contributed by atoms with Crippen molar-refractivity contribution in [2.75, 3.05) is 16.9 Å². The Morgan fingerprint density at radius 1 is 1.25 bits per heavy atom. The third kappa shape index (κ3) is 5.82. The second-order valence-corrected chi connectivity index (χ2v) is 9.39. The summed E-state index contributed by atoms with van der Waals surface area (Å²) in [6.07, 6.45) is 5.11. The van der Waals surface area contributed by atoms with Crippen LogP contribution in [0.3, 0.4) is 0 Å². The van der Waals surface area contributed by atoms with E-state index < -0.39 is 9.84 Å². The largest absolute Gasteiger partial charge is 0.490 e. The van der Waals surface area contributed by atoms with E-state index in [1.54, 1.807) is 36.3 Å². The normalized spacial score (nSPS) is 12.3. The van der Waals surface area contributed by atoms with Crippen LogP contribution in [0, 0.1) is 0 Å². The third-order valence-electron chi connectivity index (χ3n) is 4.53. The van der Waals surface area contributed by atoms with Crippen molar-refractivity contribution in [1.82, 2.24) is 19.7 Å². The van der Waals surface area contributed by atoms with Crippen LogP contribution in [-0.2, 0) is 21.7 Å². The van der Waals surface area contributed by atoms with Crippen LogP contribution in [-0.4, -0.2) is 46.4 Å². The highest BCUT2D eigenvalue weighted by atomic mass is 32.2. The molecule has 1 unspecified atom stereocenters. The molecule has 0 aliphatic carbocycles. The second-order valence-electron chi connectivity index (χ2n) is 7.43. The van der Waals surface area contributed by atoms with E-state index in [0.717, 1.165) is 12.7 Å². The number of aryl methyl sites for hydroxylation is 1. The molecule has 2 N–H and O–H groups in total. The number of pyridine rings is 2. The van der Waals surface area contributed by atoms with E-state index >= 15 is 0 Å². The lowest BCUT2D eigenvalue weighted by Crippen LogP contribution is -2.12. The lowest BCUT2D eigenvalue weighted by Gasteiger charge is -2.16. The summed E-state index contributed by atoms with van der Waals surface area (Å²) in [6, 6.07) is 6.48. The summed E-state index contributed by atoms with van der Waals surface area (Å²) < 4.78 is 31.9. The molecule has 170 valence electrons. The predicted molar refractivity (Wildman–Crippen MR) is 122 cm³/mol. The van der Waals surface area contributed by atoms with Gasteiger partial charge in [0, 0.05) is 56.4 Å². The summed E-state index contributed by atoms with van der Waals surface area (Å²) in [5.74, 6) is 0.710. The molecule has 32 heavy (non-hydrogen) atoms. The zero-order valence-electron chi connectivity index (χ0n) is 18.6. The fourth-order valence-electron chi connectivity index (χ4n) is 2.83. The number of anilines is 3. The monoisotopic (exact) mass is 458 g/mol. The van der Waals surface area contributed by atoms with Gasteiger partial charge in [-0.1, -0.05) is 6.92 Å². The Morgan fingerprint density at radius 2 is 2.00 bits per heavy atom. The summed E-state index contributed by atoms with van der Waals surface area (Å²) in [6.45, 7) is 5.26. The van der Waals surface area contributed by atoms with E-state index in [0.29, 0.717) is 28.5 Å². The fourth-order valence-corrected chi connectivity index (χ4v) is 3.42. The molecule has 0 aliphatic heterocycles. The Kier molecular flexibility index (Phi) is 6.78. The number of carbonyl (C=O) groups is 1. The molecule has 0 saturated carbocycles. The molecule has 0 aliphatic rings. The van der Waals surface area contributed by atoms with Gasteiger partial charge in [0.25, 0.3) is 0 Å². The summed E-state index contributed by atoms with van der Waals surface area (Å²) in [7, 11) is -1.78. The van der Waals surface area contributed by atoms with Gasteiger partial charge in [-0.2, -0.15) is 5.10 Å². The highest BCUT2D eigenvalue weighted by Crippen LogP contribution is 2.32. The third-order valence-corrected chi connectivity index (χ3v) is 5.50. The number of nitrogens with one attached hydrogen (secondary N) is 2. The number of aromatic nitrogens is 4. The first-order valence-electron chi connectivity index (χ1n) is 9.98. The molecule has 11 heteroatoms. The average Bonchev–Trinajstić information content (AvgIpc) is 3.13. The van der Waals surface area contributed by atoms with Crippen molar-refractivity contribution in [3.8, 4) is 17.0 Å².